The molecule has 1 aromatic carbocycles. The van der Waals surface area contributed by atoms with Gasteiger partial charge in [-0.2, -0.15) is 0 Å². The Hall–Kier alpha value is -1.68. The number of aromatic amines is 1. The number of nitrogens with one attached hydrogen (secondary N) is 1. The Morgan fingerprint density at radius 1 is 1.33 bits per heavy atom. The molecular formula is C11H12FN3. The van der Waals surface area contributed by atoms with Crippen LogP contribution in [-0.2, 0) is 6.54 Å². The van der Waals surface area contributed by atoms with Gasteiger partial charge >= 0.3 is 0 Å². The maximum Gasteiger partial charge on any atom is 0.137 e. The van der Waals surface area contributed by atoms with Gasteiger partial charge in [-0.05, 0) is 31.2 Å². The molecule has 0 aliphatic carbocycles. The van der Waals surface area contributed by atoms with Crippen LogP contribution in [0.2, 0.25) is 0 Å². The maximum atomic E-state index is 12.7. The first kappa shape index (κ1) is 9.86. The zero-order valence-corrected chi connectivity index (χ0v) is 8.42. The summed E-state index contributed by atoms with van der Waals surface area (Å²) >= 11 is 0. The number of nitrogens with zero attached hydrogens (tertiary/aromatic N) is 1. The van der Waals surface area contributed by atoms with Gasteiger partial charge in [-0.25, -0.2) is 9.37 Å². The van der Waals surface area contributed by atoms with Crippen molar-refractivity contribution in [3.8, 4) is 11.4 Å². The molecule has 0 bridgehead atoms. The zero-order valence-electron chi connectivity index (χ0n) is 8.42. The molecule has 2 aromatic rings. The lowest BCUT2D eigenvalue weighted by molar-refractivity contribution is 0.628. The van der Waals surface area contributed by atoms with Gasteiger partial charge in [0.25, 0.3) is 0 Å². The van der Waals surface area contributed by atoms with E-state index >= 15 is 0 Å². The topological polar surface area (TPSA) is 54.7 Å². The summed E-state index contributed by atoms with van der Waals surface area (Å²) in [4.78, 5) is 7.44. The van der Waals surface area contributed by atoms with E-state index in [4.69, 9.17) is 5.73 Å². The fraction of sp³-hybridized carbons (Fsp3) is 0.182. The van der Waals surface area contributed by atoms with E-state index in [1.807, 2.05) is 6.92 Å². The quantitative estimate of drug-likeness (QED) is 0.787. The first-order valence-electron chi connectivity index (χ1n) is 4.72. The first-order chi connectivity index (χ1) is 7.20. The number of halogens is 1. The normalized spacial score (nSPS) is 10.6. The van der Waals surface area contributed by atoms with Crippen molar-refractivity contribution < 1.29 is 4.39 Å². The third-order valence-corrected chi connectivity index (χ3v) is 2.30. The molecule has 0 saturated heterocycles. The minimum absolute atomic E-state index is 0.249. The molecule has 4 heteroatoms. The van der Waals surface area contributed by atoms with Gasteiger partial charge in [0, 0.05) is 17.8 Å². The van der Waals surface area contributed by atoms with E-state index < -0.39 is 0 Å². The Balaban J connectivity index is 2.41. The van der Waals surface area contributed by atoms with E-state index in [2.05, 4.69) is 9.97 Å². The molecule has 0 fully saturated rings. The highest BCUT2D eigenvalue weighted by Crippen LogP contribution is 2.17. The molecule has 0 aliphatic rings. The van der Waals surface area contributed by atoms with E-state index in [0.29, 0.717) is 6.54 Å². The highest BCUT2D eigenvalue weighted by Gasteiger charge is 2.06. The molecule has 0 spiro atoms. The number of imidazole rings is 1. The van der Waals surface area contributed by atoms with E-state index in [-0.39, 0.29) is 5.82 Å². The average Bonchev–Trinajstić information content (AvgIpc) is 2.61. The van der Waals surface area contributed by atoms with E-state index in [1.165, 1.54) is 12.1 Å². The smallest absolute Gasteiger partial charge is 0.137 e. The van der Waals surface area contributed by atoms with Gasteiger partial charge in [0.2, 0.25) is 0 Å². The van der Waals surface area contributed by atoms with E-state index in [0.717, 1.165) is 22.8 Å². The van der Waals surface area contributed by atoms with Crippen LogP contribution in [-0.4, -0.2) is 9.97 Å². The standard InChI is InChI=1S/C11H12FN3/c1-7-10(6-13)15-11(14-7)8-2-4-9(12)5-3-8/h2-5H,6,13H2,1H3,(H,14,15). The maximum absolute atomic E-state index is 12.7. The lowest BCUT2D eigenvalue weighted by atomic mass is 10.2. The number of nitrogens with two attached hydrogens (primary N) is 1. The van der Waals surface area contributed by atoms with Crippen molar-refractivity contribution in [2.75, 3.05) is 0 Å². The molecule has 0 saturated carbocycles. The number of hydrogen-bond acceptors (Lipinski definition) is 2. The zero-order chi connectivity index (χ0) is 10.8. The van der Waals surface area contributed by atoms with E-state index in [9.17, 15) is 4.39 Å². The minimum Gasteiger partial charge on any atom is -0.342 e. The summed E-state index contributed by atoms with van der Waals surface area (Å²) in [6.45, 7) is 2.33. The van der Waals surface area contributed by atoms with Gasteiger partial charge in [-0.15, -0.1) is 0 Å². The fourth-order valence-corrected chi connectivity index (χ4v) is 1.44. The summed E-state index contributed by atoms with van der Waals surface area (Å²) < 4.78 is 12.7. The molecule has 0 unspecified atom stereocenters. The minimum atomic E-state index is -0.249. The molecule has 0 radical (unpaired) electrons. The van der Waals surface area contributed by atoms with Crippen molar-refractivity contribution in [1.82, 2.24) is 9.97 Å². The molecule has 2 rings (SSSR count). The van der Waals surface area contributed by atoms with Crippen LogP contribution in [0.5, 0.6) is 0 Å². The highest BCUT2D eigenvalue weighted by atomic mass is 19.1. The number of aryl methyl sites for hydroxylation is 1. The number of H-pyrrole nitrogens is 1. The van der Waals surface area contributed by atoms with Gasteiger partial charge in [0.05, 0.1) is 5.69 Å². The Labute approximate surface area is 87.2 Å². The van der Waals surface area contributed by atoms with Crippen LogP contribution in [0.3, 0.4) is 0 Å². The largest absolute Gasteiger partial charge is 0.342 e. The van der Waals surface area contributed by atoms with Gasteiger partial charge in [-0.1, -0.05) is 0 Å². The number of aromatic nitrogens is 2. The van der Waals surface area contributed by atoms with E-state index in [1.54, 1.807) is 12.1 Å². The molecule has 15 heavy (non-hydrogen) atoms. The lowest BCUT2D eigenvalue weighted by Crippen LogP contribution is -1.98. The summed E-state index contributed by atoms with van der Waals surface area (Å²) in [6, 6.07) is 6.20. The van der Waals surface area contributed by atoms with Crippen molar-refractivity contribution in [3.05, 3.63) is 41.5 Å². The van der Waals surface area contributed by atoms with Gasteiger partial charge < -0.3 is 10.7 Å². The Kier molecular flexibility index (Phi) is 2.51. The van der Waals surface area contributed by atoms with Gasteiger partial charge in [0.1, 0.15) is 11.6 Å². The van der Waals surface area contributed by atoms with Crippen molar-refractivity contribution >= 4 is 0 Å². The Bertz CT molecular complexity index is 459. The molecule has 3 nitrogen and oxygen atoms in total. The van der Waals surface area contributed by atoms with Crippen LogP contribution in [0.15, 0.2) is 24.3 Å². The first-order valence-corrected chi connectivity index (χ1v) is 4.72. The van der Waals surface area contributed by atoms with Crippen molar-refractivity contribution in [1.29, 1.82) is 0 Å². The van der Waals surface area contributed by atoms with Gasteiger partial charge in [0.15, 0.2) is 0 Å². The summed E-state index contributed by atoms with van der Waals surface area (Å²) in [5.74, 6) is 0.481. The Morgan fingerprint density at radius 2 is 2.00 bits per heavy atom. The van der Waals surface area contributed by atoms with Gasteiger partial charge in [-0.3, -0.25) is 0 Å². The summed E-state index contributed by atoms with van der Waals surface area (Å²) in [5.41, 5.74) is 8.18. The second-order valence-electron chi connectivity index (χ2n) is 3.37. The molecule has 3 N–H and O–H groups in total. The van der Waals surface area contributed by atoms with Crippen molar-refractivity contribution in [3.63, 3.8) is 0 Å². The summed E-state index contributed by atoms with van der Waals surface area (Å²) in [7, 11) is 0. The molecule has 1 heterocycles. The molecule has 1 aromatic heterocycles. The SMILES string of the molecule is Cc1[nH]c(-c2ccc(F)cc2)nc1CN. The summed E-state index contributed by atoms with van der Waals surface area (Å²) in [6.07, 6.45) is 0. The van der Waals surface area contributed by atoms with Crippen LogP contribution in [0.1, 0.15) is 11.4 Å². The summed E-state index contributed by atoms with van der Waals surface area (Å²) in [5, 5.41) is 0. The highest BCUT2D eigenvalue weighted by molar-refractivity contribution is 5.55. The second kappa shape index (κ2) is 3.82. The molecular weight excluding hydrogens is 193 g/mol. The number of benzene rings is 1. The number of rotatable bonds is 2. The molecule has 78 valence electrons. The average molecular weight is 205 g/mol. The fourth-order valence-electron chi connectivity index (χ4n) is 1.44. The Morgan fingerprint density at radius 3 is 2.53 bits per heavy atom. The van der Waals surface area contributed by atoms with Crippen molar-refractivity contribution in [2.24, 2.45) is 5.73 Å². The van der Waals surface area contributed by atoms with Crippen LogP contribution in [0.4, 0.5) is 4.39 Å². The monoisotopic (exact) mass is 205 g/mol. The van der Waals surface area contributed by atoms with Crippen LogP contribution < -0.4 is 5.73 Å². The molecule has 0 amide bonds. The number of hydrogen-bond donors (Lipinski definition) is 2. The lowest BCUT2D eigenvalue weighted by Gasteiger charge is -1.95. The third kappa shape index (κ3) is 1.89. The predicted molar refractivity (Wildman–Crippen MR) is 56.6 cm³/mol. The second-order valence-corrected chi connectivity index (χ2v) is 3.37. The molecule has 0 aliphatic heterocycles. The van der Waals surface area contributed by atoms with Crippen LogP contribution in [0, 0.1) is 12.7 Å². The molecule has 0 atom stereocenters. The van der Waals surface area contributed by atoms with Crippen LogP contribution in [0.25, 0.3) is 11.4 Å². The van der Waals surface area contributed by atoms with Crippen LogP contribution >= 0.6 is 0 Å². The van der Waals surface area contributed by atoms with Crippen molar-refractivity contribution in [2.45, 2.75) is 13.5 Å². The third-order valence-electron chi connectivity index (χ3n) is 2.30. The predicted octanol–water partition coefficient (Wildman–Crippen LogP) is 1.98.